The lowest BCUT2D eigenvalue weighted by Gasteiger charge is -2.55. The second-order valence-electron chi connectivity index (χ2n) is 18.1. The number of oxazole rings is 1. The maximum absolute atomic E-state index is 14.2. The SMILES string of the molecule is Cc1ncoc1COc1ccc2c(c1)CCN(C[C@@H](O)CNC(=O)C1CC(NC3CCC3)N(C3CCCCCCCCC3)C(N3CCN(C(=O)C(C)C)CC3)C1)C2. The van der Waals surface area contributed by atoms with Crippen molar-refractivity contribution in [1.29, 1.82) is 0 Å². The Morgan fingerprint density at radius 2 is 1.67 bits per heavy atom. The molecule has 4 heterocycles. The third-order valence-corrected chi connectivity index (χ3v) is 13.6. The van der Waals surface area contributed by atoms with Gasteiger partial charge < -0.3 is 24.5 Å². The van der Waals surface area contributed by atoms with Crippen molar-refractivity contribution in [2.45, 2.75) is 161 Å². The second-order valence-corrected chi connectivity index (χ2v) is 18.1. The van der Waals surface area contributed by atoms with Crippen molar-refractivity contribution in [3.8, 4) is 5.75 Å². The predicted octanol–water partition coefficient (Wildman–Crippen LogP) is 5.60. The van der Waals surface area contributed by atoms with E-state index in [1.807, 2.05) is 31.7 Å². The Hall–Kier alpha value is -3.03. The van der Waals surface area contributed by atoms with Crippen molar-refractivity contribution < 1.29 is 23.8 Å². The normalized spacial score (nSPS) is 25.8. The van der Waals surface area contributed by atoms with Crippen LogP contribution in [0.2, 0.25) is 0 Å². The zero-order chi connectivity index (χ0) is 39.7. The highest BCUT2D eigenvalue weighted by Gasteiger charge is 2.45. The number of amides is 2. The number of hydrogen-bond donors (Lipinski definition) is 3. The molecule has 12 nitrogen and oxygen atoms in total. The summed E-state index contributed by atoms with van der Waals surface area (Å²) in [7, 11) is 0. The molecule has 2 aliphatic carbocycles. The highest BCUT2D eigenvalue weighted by molar-refractivity contribution is 5.79. The summed E-state index contributed by atoms with van der Waals surface area (Å²) in [6, 6.07) is 7.24. The molecule has 0 radical (unpaired) electrons. The van der Waals surface area contributed by atoms with Gasteiger partial charge in [-0.2, -0.15) is 0 Å². The smallest absolute Gasteiger partial charge is 0.225 e. The molecule has 12 heteroatoms. The van der Waals surface area contributed by atoms with Gasteiger partial charge in [-0.05, 0) is 75.1 Å². The van der Waals surface area contributed by atoms with Gasteiger partial charge in [-0.1, -0.05) is 71.3 Å². The lowest BCUT2D eigenvalue weighted by atomic mass is 9.85. The van der Waals surface area contributed by atoms with Gasteiger partial charge in [0.15, 0.2) is 12.2 Å². The number of nitrogens with zero attached hydrogens (tertiary/aromatic N) is 5. The fourth-order valence-electron chi connectivity index (χ4n) is 9.99. The molecule has 0 bridgehead atoms. The van der Waals surface area contributed by atoms with Crippen LogP contribution in [0.15, 0.2) is 29.0 Å². The first-order valence-corrected chi connectivity index (χ1v) is 22.6. The van der Waals surface area contributed by atoms with Crippen molar-refractivity contribution in [3.63, 3.8) is 0 Å². The number of likely N-dealkylation sites (tertiary alicyclic amines) is 1. The first-order chi connectivity index (χ1) is 27.7. The number of β-amino-alcohol motifs (C(OH)–C–C–N with tert-alkyl or cyclic N) is 1. The summed E-state index contributed by atoms with van der Waals surface area (Å²) in [5.41, 5.74) is 3.35. The van der Waals surface area contributed by atoms with Gasteiger partial charge in [0.1, 0.15) is 12.4 Å². The third-order valence-electron chi connectivity index (χ3n) is 13.6. The van der Waals surface area contributed by atoms with Gasteiger partial charge in [0.05, 0.1) is 24.1 Å². The summed E-state index contributed by atoms with van der Waals surface area (Å²) >= 11 is 0. The monoisotopic (exact) mass is 790 g/mol. The van der Waals surface area contributed by atoms with Crippen molar-refractivity contribution in [1.82, 2.24) is 35.2 Å². The number of rotatable bonds is 13. The highest BCUT2D eigenvalue weighted by Crippen LogP contribution is 2.36. The maximum Gasteiger partial charge on any atom is 0.225 e. The number of aliphatic hydroxyl groups excluding tert-OH is 1. The lowest BCUT2D eigenvalue weighted by Crippen LogP contribution is -2.68. The Bertz CT molecular complexity index is 1580. The van der Waals surface area contributed by atoms with Crippen molar-refractivity contribution in [2.24, 2.45) is 11.8 Å². The molecular weight excluding hydrogens is 719 g/mol. The topological polar surface area (TPSA) is 127 Å². The van der Waals surface area contributed by atoms with E-state index in [0.29, 0.717) is 25.2 Å². The summed E-state index contributed by atoms with van der Waals surface area (Å²) < 4.78 is 11.4. The molecule has 3 unspecified atom stereocenters. The number of aromatic nitrogens is 1. The average molecular weight is 790 g/mol. The van der Waals surface area contributed by atoms with Crippen molar-refractivity contribution in [3.05, 3.63) is 47.2 Å². The van der Waals surface area contributed by atoms with Crippen LogP contribution in [-0.2, 0) is 29.2 Å². The predicted molar refractivity (Wildman–Crippen MR) is 221 cm³/mol. The number of benzene rings is 1. The highest BCUT2D eigenvalue weighted by atomic mass is 16.5. The molecule has 3 aliphatic heterocycles. The van der Waals surface area contributed by atoms with E-state index in [9.17, 15) is 14.7 Å². The van der Waals surface area contributed by atoms with Crippen LogP contribution in [0.5, 0.6) is 5.75 Å². The molecular formula is C45H71N7O5. The number of carbonyl (C=O) groups excluding carboxylic acids is 2. The Morgan fingerprint density at radius 3 is 2.33 bits per heavy atom. The number of piperidine rings is 1. The molecule has 4 fully saturated rings. The molecule has 316 valence electrons. The van der Waals surface area contributed by atoms with E-state index < -0.39 is 6.10 Å². The first-order valence-electron chi connectivity index (χ1n) is 22.6. The minimum atomic E-state index is -0.655. The minimum absolute atomic E-state index is 0.00514. The number of aliphatic hydroxyl groups is 1. The zero-order valence-electron chi connectivity index (χ0n) is 35.1. The van der Waals surface area contributed by atoms with E-state index in [1.54, 1.807) is 0 Å². The average Bonchev–Trinajstić information content (AvgIpc) is 3.62. The van der Waals surface area contributed by atoms with E-state index in [2.05, 4.69) is 42.5 Å². The Balaban J connectivity index is 0.978. The number of carbonyl (C=O) groups is 2. The Kier molecular flexibility index (Phi) is 15.0. The van der Waals surface area contributed by atoms with Crippen LogP contribution < -0.4 is 15.4 Å². The maximum atomic E-state index is 14.2. The van der Waals surface area contributed by atoms with E-state index in [-0.39, 0.29) is 42.5 Å². The number of aryl methyl sites for hydroxylation is 1. The zero-order valence-corrected chi connectivity index (χ0v) is 35.1. The van der Waals surface area contributed by atoms with Crippen LogP contribution in [0.3, 0.4) is 0 Å². The van der Waals surface area contributed by atoms with Crippen LogP contribution in [0.4, 0.5) is 0 Å². The quantitative estimate of drug-likeness (QED) is 0.236. The van der Waals surface area contributed by atoms with E-state index in [0.717, 1.165) is 75.7 Å². The molecule has 2 amide bonds. The molecule has 2 saturated carbocycles. The number of fused-ring (bicyclic) bond motifs is 1. The number of piperazine rings is 1. The summed E-state index contributed by atoms with van der Waals surface area (Å²) in [5, 5.41) is 18.6. The fourth-order valence-corrected chi connectivity index (χ4v) is 9.99. The largest absolute Gasteiger partial charge is 0.486 e. The molecule has 3 N–H and O–H groups in total. The van der Waals surface area contributed by atoms with E-state index in [4.69, 9.17) is 9.15 Å². The molecule has 7 rings (SSSR count). The van der Waals surface area contributed by atoms with Crippen molar-refractivity contribution >= 4 is 11.8 Å². The summed E-state index contributed by atoms with van der Waals surface area (Å²) in [6.45, 7) is 11.8. The number of hydrogen-bond acceptors (Lipinski definition) is 10. The van der Waals surface area contributed by atoms with Gasteiger partial charge in [0.25, 0.3) is 0 Å². The summed E-state index contributed by atoms with van der Waals surface area (Å²) in [4.78, 5) is 41.1. The van der Waals surface area contributed by atoms with Crippen molar-refractivity contribution in [2.75, 3.05) is 45.8 Å². The number of ether oxygens (including phenoxy) is 1. The van der Waals surface area contributed by atoms with Gasteiger partial charge >= 0.3 is 0 Å². The Morgan fingerprint density at radius 1 is 0.930 bits per heavy atom. The molecule has 1 aromatic heterocycles. The minimum Gasteiger partial charge on any atom is -0.486 e. The third kappa shape index (κ3) is 11.2. The molecule has 0 spiro atoms. The summed E-state index contributed by atoms with van der Waals surface area (Å²) in [5.74, 6) is 1.72. The lowest BCUT2D eigenvalue weighted by molar-refractivity contribution is -0.143. The van der Waals surface area contributed by atoms with Crippen LogP contribution in [0.1, 0.15) is 126 Å². The molecule has 2 saturated heterocycles. The van der Waals surface area contributed by atoms with Gasteiger partial charge in [-0.15, -0.1) is 0 Å². The van der Waals surface area contributed by atoms with E-state index >= 15 is 0 Å². The molecule has 4 atom stereocenters. The first kappa shape index (κ1) is 42.1. The van der Waals surface area contributed by atoms with Crippen LogP contribution in [-0.4, -0.2) is 118 Å². The van der Waals surface area contributed by atoms with Crippen LogP contribution >= 0.6 is 0 Å². The van der Waals surface area contributed by atoms with Crippen LogP contribution in [0, 0.1) is 18.8 Å². The standard InChI is InChI=1S/C45H71N7O5/c1-32(2)45(55)51-22-20-50(21-23-51)43-26-36(25-42(48-37-12-11-13-37)52(43)38-14-9-7-5-4-6-8-10-15-38)44(54)46-27-39(53)29-49-19-18-34-24-40(17-16-35(34)28-49)56-30-41-33(3)47-31-57-41/h16-17,24,31-32,36-39,42-43,48,53H,4-15,18-23,25-30H2,1-3H3,(H,46,54)/t36?,39-,42?,43?/m0/s1. The van der Waals surface area contributed by atoms with Gasteiger partial charge in [-0.25, -0.2) is 4.98 Å². The van der Waals surface area contributed by atoms with Gasteiger partial charge in [0.2, 0.25) is 11.8 Å². The number of nitrogens with one attached hydrogen (secondary N) is 2. The summed E-state index contributed by atoms with van der Waals surface area (Å²) in [6.07, 6.45) is 18.9. The molecule has 2 aromatic rings. The second kappa shape index (κ2) is 20.3. The Labute approximate surface area is 341 Å². The van der Waals surface area contributed by atoms with Gasteiger partial charge in [-0.3, -0.25) is 29.6 Å². The molecule has 5 aliphatic rings. The van der Waals surface area contributed by atoms with Gasteiger partial charge in [0, 0.05) is 76.3 Å². The molecule has 1 aromatic carbocycles. The fraction of sp³-hybridized carbons (Fsp3) is 0.756. The molecule has 57 heavy (non-hydrogen) atoms. The van der Waals surface area contributed by atoms with Crippen LogP contribution in [0.25, 0.3) is 0 Å². The van der Waals surface area contributed by atoms with E-state index in [1.165, 1.54) is 94.6 Å².